The summed E-state index contributed by atoms with van der Waals surface area (Å²) in [4.78, 5) is 3.97. The second kappa shape index (κ2) is 5.73. The molecule has 0 saturated heterocycles. The molecule has 0 aliphatic heterocycles. The van der Waals surface area contributed by atoms with Crippen LogP contribution in [0.15, 0.2) is 23.2 Å². The van der Waals surface area contributed by atoms with Gasteiger partial charge in [0.15, 0.2) is 0 Å². The Bertz CT molecular complexity index is 541. The number of hydrogen-bond acceptors (Lipinski definition) is 4. The van der Waals surface area contributed by atoms with E-state index in [4.69, 9.17) is 18.0 Å². The summed E-state index contributed by atoms with van der Waals surface area (Å²) < 4.78 is 26.0. The van der Waals surface area contributed by atoms with E-state index in [1.807, 2.05) is 13.8 Å². The van der Waals surface area contributed by atoms with Crippen molar-refractivity contribution in [2.45, 2.75) is 18.7 Å². The van der Waals surface area contributed by atoms with Gasteiger partial charge in [0.1, 0.15) is 15.6 Å². The first-order valence-electron chi connectivity index (χ1n) is 5.48. The molecule has 1 heterocycles. The fraction of sp³-hybridized carbons (Fsp3) is 0.455. The lowest BCUT2D eigenvalue weighted by atomic mass is 10.2. The SMILES string of the molecule is CC(C)CN(C)S(=O)(=O)c1cccnc1C(N)=S. The molecule has 1 aromatic heterocycles. The molecule has 5 nitrogen and oxygen atoms in total. The molecule has 0 saturated carbocycles. The Morgan fingerprint density at radius 3 is 2.67 bits per heavy atom. The lowest BCUT2D eigenvalue weighted by Gasteiger charge is -2.20. The molecule has 0 fully saturated rings. The zero-order valence-corrected chi connectivity index (χ0v) is 12.3. The largest absolute Gasteiger partial charge is 0.388 e. The van der Waals surface area contributed by atoms with Crippen molar-refractivity contribution in [1.29, 1.82) is 0 Å². The minimum Gasteiger partial charge on any atom is -0.388 e. The van der Waals surface area contributed by atoms with E-state index in [-0.39, 0.29) is 21.5 Å². The highest BCUT2D eigenvalue weighted by molar-refractivity contribution is 7.89. The van der Waals surface area contributed by atoms with Crippen LogP contribution >= 0.6 is 12.2 Å². The van der Waals surface area contributed by atoms with Crippen molar-refractivity contribution in [3.8, 4) is 0 Å². The van der Waals surface area contributed by atoms with E-state index >= 15 is 0 Å². The maximum atomic E-state index is 12.4. The first-order valence-corrected chi connectivity index (χ1v) is 7.32. The Labute approximate surface area is 113 Å². The summed E-state index contributed by atoms with van der Waals surface area (Å²) in [6, 6.07) is 3.02. The van der Waals surface area contributed by atoms with Gasteiger partial charge in [-0.15, -0.1) is 0 Å². The molecule has 0 aliphatic carbocycles. The average Bonchev–Trinajstić information content (AvgIpc) is 2.28. The van der Waals surface area contributed by atoms with Gasteiger partial charge in [-0.05, 0) is 18.1 Å². The highest BCUT2D eigenvalue weighted by atomic mass is 32.2. The lowest BCUT2D eigenvalue weighted by molar-refractivity contribution is 0.417. The molecule has 0 unspecified atom stereocenters. The van der Waals surface area contributed by atoms with Crippen LogP contribution in [-0.4, -0.2) is 36.3 Å². The van der Waals surface area contributed by atoms with E-state index in [1.54, 1.807) is 6.07 Å². The monoisotopic (exact) mass is 287 g/mol. The third-order valence-corrected chi connectivity index (χ3v) is 4.36. The highest BCUT2D eigenvalue weighted by Crippen LogP contribution is 2.18. The fourth-order valence-corrected chi connectivity index (χ4v) is 3.28. The standard InChI is InChI=1S/C11H17N3O2S2/c1-8(2)7-14(3)18(15,16)9-5-4-6-13-10(9)11(12)17/h4-6,8H,7H2,1-3H3,(H2,12,17). The topological polar surface area (TPSA) is 76.3 Å². The zero-order valence-electron chi connectivity index (χ0n) is 10.6. The van der Waals surface area contributed by atoms with Gasteiger partial charge < -0.3 is 5.73 Å². The average molecular weight is 287 g/mol. The number of nitrogens with two attached hydrogens (primary N) is 1. The lowest BCUT2D eigenvalue weighted by Crippen LogP contribution is -2.32. The first-order chi connectivity index (χ1) is 8.26. The number of pyridine rings is 1. The zero-order chi connectivity index (χ0) is 13.9. The number of nitrogens with zero attached hydrogens (tertiary/aromatic N) is 2. The first kappa shape index (κ1) is 15.0. The van der Waals surface area contributed by atoms with Crippen LogP contribution in [0.4, 0.5) is 0 Å². The van der Waals surface area contributed by atoms with E-state index in [1.165, 1.54) is 23.6 Å². The van der Waals surface area contributed by atoms with Gasteiger partial charge in [0.05, 0.1) is 0 Å². The molecule has 1 aromatic rings. The van der Waals surface area contributed by atoms with Crippen molar-refractivity contribution in [3.63, 3.8) is 0 Å². The predicted molar refractivity (Wildman–Crippen MR) is 74.8 cm³/mol. The van der Waals surface area contributed by atoms with Crippen LogP contribution in [0.5, 0.6) is 0 Å². The molecule has 1 rings (SSSR count). The van der Waals surface area contributed by atoms with Crippen LogP contribution in [0.3, 0.4) is 0 Å². The Balaban J connectivity index is 3.24. The van der Waals surface area contributed by atoms with Gasteiger partial charge in [-0.1, -0.05) is 26.1 Å². The van der Waals surface area contributed by atoms with Gasteiger partial charge in [0.2, 0.25) is 10.0 Å². The molecule has 0 amide bonds. The van der Waals surface area contributed by atoms with Gasteiger partial charge in [0.25, 0.3) is 0 Å². The number of thiocarbonyl (C=S) groups is 1. The Hall–Kier alpha value is -1.05. The summed E-state index contributed by atoms with van der Waals surface area (Å²) in [6.45, 7) is 4.32. The van der Waals surface area contributed by atoms with Crippen LogP contribution in [0.1, 0.15) is 19.5 Å². The molecule has 2 N–H and O–H groups in total. The van der Waals surface area contributed by atoms with Crippen molar-refractivity contribution < 1.29 is 8.42 Å². The van der Waals surface area contributed by atoms with Gasteiger partial charge in [0, 0.05) is 19.8 Å². The Kier molecular flexibility index (Phi) is 4.78. The normalized spacial score (nSPS) is 12.1. The maximum Gasteiger partial charge on any atom is 0.245 e. The Morgan fingerprint density at radius 2 is 2.17 bits per heavy atom. The smallest absolute Gasteiger partial charge is 0.245 e. The fourth-order valence-electron chi connectivity index (χ4n) is 1.56. The van der Waals surface area contributed by atoms with E-state index in [0.29, 0.717) is 6.54 Å². The second-order valence-corrected chi connectivity index (χ2v) is 6.85. The van der Waals surface area contributed by atoms with Crippen molar-refractivity contribution in [2.24, 2.45) is 11.7 Å². The maximum absolute atomic E-state index is 12.4. The summed E-state index contributed by atoms with van der Waals surface area (Å²) >= 11 is 4.83. The van der Waals surface area contributed by atoms with Crippen molar-refractivity contribution >= 4 is 27.2 Å². The minimum absolute atomic E-state index is 0.0212. The number of sulfonamides is 1. The van der Waals surface area contributed by atoms with Crippen molar-refractivity contribution in [1.82, 2.24) is 9.29 Å². The van der Waals surface area contributed by atoms with Crippen LogP contribution < -0.4 is 5.73 Å². The number of rotatable bonds is 5. The van der Waals surface area contributed by atoms with E-state index in [0.717, 1.165) is 0 Å². The van der Waals surface area contributed by atoms with Crippen molar-refractivity contribution in [3.05, 3.63) is 24.0 Å². The van der Waals surface area contributed by atoms with Crippen LogP contribution in [0, 0.1) is 5.92 Å². The molecule has 0 radical (unpaired) electrons. The molecule has 100 valence electrons. The molecule has 0 aromatic carbocycles. The van der Waals surface area contributed by atoms with Gasteiger partial charge in [-0.25, -0.2) is 12.7 Å². The van der Waals surface area contributed by atoms with E-state index < -0.39 is 10.0 Å². The number of hydrogen-bond donors (Lipinski definition) is 1. The highest BCUT2D eigenvalue weighted by Gasteiger charge is 2.25. The molecule has 0 atom stereocenters. The molecule has 0 spiro atoms. The van der Waals surface area contributed by atoms with Gasteiger partial charge in [-0.2, -0.15) is 0 Å². The summed E-state index contributed by atoms with van der Waals surface area (Å²) in [5.74, 6) is 0.231. The van der Waals surface area contributed by atoms with Gasteiger partial charge >= 0.3 is 0 Å². The molecule has 0 aliphatic rings. The predicted octanol–water partition coefficient (Wildman–Crippen LogP) is 0.992. The summed E-state index contributed by atoms with van der Waals surface area (Å²) in [5.41, 5.74) is 5.64. The van der Waals surface area contributed by atoms with Crippen LogP contribution in [-0.2, 0) is 10.0 Å². The molecular weight excluding hydrogens is 270 g/mol. The Morgan fingerprint density at radius 1 is 1.56 bits per heavy atom. The molecule has 18 heavy (non-hydrogen) atoms. The van der Waals surface area contributed by atoms with Crippen LogP contribution in [0.2, 0.25) is 0 Å². The van der Waals surface area contributed by atoms with E-state index in [2.05, 4.69) is 4.98 Å². The number of aromatic nitrogens is 1. The molecule has 0 bridgehead atoms. The summed E-state index contributed by atoms with van der Waals surface area (Å²) in [7, 11) is -2.07. The third kappa shape index (κ3) is 3.24. The molecule has 7 heteroatoms. The second-order valence-electron chi connectivity index (χ2n) is 4.39. The summed E-state index contributed by atoms with van der Waals surface area (Å²) in [6.07, 6.45) is 1.47. The third-order valence-electron chi connectivity index (χ3n) is 2.31. The quantitative estimate of drug-likeness (QED) is 0.817. The van der Waals surface area contributed by atoms with Crippen LogP contribution in [0.25, 0.3) is 0 Å². The van der Waals surface area contributed by atoms with Gasteiger partial charge in [-0.3, -0.25) is 4.98 Å². The summed E-state index contributed by atoms with van der Waals surface area (Å²) in [5, 5.41) is 0. The molecular formula is C11H17N3O2S2. The minimum atomic E-state index is -3.61. The van der Waals surface area contributed by atoms with Crippen molar-refractivity contribution in [2.75, 3.05) is 13.6 Å². The van der Waals surface area contributed by atoms with E-state index in [9.17, 15) is 8.42 Å².